The molecule has 0 bridgehead atoms. The van der Waals surface area contributed by atoms with Crippen LogP contribution in [0.25, 0.3) is 0 Å². The summed E-state index contributed by atoms with van der Waals surface area (Å²) in [5, 5.41) is 0. The Morgan fingerprint density at radius 1 is 1.11 bits per heavy atom. The molecule has 4 nitrogen and oxygen atoms in total. The summed E-state index contributed by atoms with van der Waals surface area (Å²) in [4.78, 5) is 0. The number of methoxy groups -OCH3 is 3. The van der Waals surface area contributed by atoms with Gasteiger partial charge in [0.2, 0.25) is 0 Å². The zero-order valence-electron chi connectivity index (χ0n) is 12.8. The Hall–Kier alpha value is -0.420. The molecule has 0 N–H and O–H groups in total. The summed E-state index contributed by atoms with van der Waals surface area (Å²) in [5.41, 5.74) is 1.13. The molecule has 4 heteroatoms. The minimum atomic E-state index is -0.0906. The summed E-state index contributed by atoms with van der Waals surface area (Å²) in [6, 6.07) is 0. The number of hydrogen-bond donors (Lipinski definition) is 0. The van der Waals surface area contributed by atoms with E-state index in [2.05, 4.69) is 13.5 Å². The van der Waals surface area contributed by atoms with Crippen LogP contribution in [0.1, 0.15) is 26.7 Å². The zero-order chi connectivity index (χ0) is 14.4. The minimum Gasteiger partial charge on any atom is -0.382 e. The Kier molecular flexibility index (Phi) is 7.00. The van der Waals surface area contributed by atoms with E-state index in [-0.39, 0.29) is 24.4 Å². The Labute approximate surface area is 117 Å². The number of hydrogen-bond acceptors (Lipinski definition) is 4. The van der Waals surface area contributed by atoms with Gasteiger partial charge in [-0.15, -0.1) is 6.58 Å². The van der Waals surface area contributed by atoms with Crippen LogP contribution in [0.15, 0.2) is 12.2 Å². The van der Waals surface area contributed by atoms with Crippen molar-refractivity contribution in [3.05, 3.63) is 12.2 Å². The Balaban J connectivity index is 2.91. The standard InChI is InChI=1S/C15H28O4/c1-7-11-12(8-10(2)3)19-13(9-16-4)15(18-6)14(11)17-5/h11-15H,2,7-9H2,1,3-6H3. The molecule has 1 heterocycles. The van der Waals surface area contributed by atoms with E-state index in [9.17, 15) is 0 Å². The average Bonchev–Trinajstić information content (AvgIpc) is 2.37. The van der Waals surface area contributed by atoms with Gasteiger partial charge in [0.25, 0.3) is 0 Å². The summed E-state index contributed by atoms with van der Waals surface area (Å²) < 4.78 is 22.7. The highest BCUT2D eigenvalue weighted by Crippen LogP contribution is 2.34. The third-order valence-corrected chi connectivity index (χ3v) is 3.84. The molecule has 1 fully saturated rings. The Morgan fingerprint density at radius 2 is 1.74 bits per heavy atom. The van der Waals surface area contributed by atoms with Crippen LogP contribution in [0.4, 0.5) is 0 Å². The minimum absolute atomic E-state index is 0.0354. The molecule has 0 aromatic rings. The van der Waals surface area contributed by atoms with E-state index in [1.807, 2.05) is 6.92 Å². The lowest BCUT2D eigenvalue weighted by Crippen LogP contribution is -2.57. The first kappa shape index (κ1) is 16.6. The number of rotatable bonds is 7. The lowest BCUT2D eigenvalue weighted by Gasteiger charge is -2.45. The van der Waals surface area contributed by atoms with Crippen LogP contribution in [0.5, 0.6) is 0 Å². The van der Waals surface area contributed by atoms with Crippen molar-refractivity contribution in [1.29, 1.82) is 0 Å². The maximum absolute atomic E-state index is 6.19. The molecule has 0 aliphatic carbocycles. The highest BCUT2D eigenvalue weighted by Gasteiger charge is 2.45. The lowest BCUT2D eigenvalue weighted by atomic mass is 9.82. The van der Waals surface area contributed by atoms with Crippen molar-refractivity contribution in [2.45, 2.75) is 51.1 Å². The van der Waals surface area contributed by atoms with Crippen molar-refractivity contribution < 1.29 is 18.9 Å². The third-order valence-electron chi connectivity index (χ3n) is 3.84. The monoisotopic (exact) mass is 272 g/mol. The molecular formula is C15H28O4. The normalized spacial score (nSPS) is 35.3. The van der Waals surface area contributed by atoms with Crippen LogP contribution in [-0.2, 0) is 18.9 Å². The van der Waals surface area contributed by atoms with Gasteiger partial charge in [0.15, 0.2) is 0 Å². The largest absolute Gasteiger partial charge is 0.382 e. The van der Waals surface area contributed by atoms with E-state index in [4.69, 9.17) is 18.9 Å². The van der Waals surface area contributed by atoms with Crippen molar-refractivity contribution in [1.82, 2.24) is 0 Å². The smallest absolute Gasteiger partial charge is 0.112 e. The first-order chi connectivity index (χ1) is 9.08. The first-order valence-corrected chi connectivity index (χ1v) is 6.93. The van der Waals surface area contributed by atoms with Gasteiger partial charge in [-0.1, -0.05) is 12.5 Å². The molecule has 0 radical (unpaired) electrons. The van der Waals surface area contributed by atoms with E-state index in [0.717, 1.165) is 18.4 Å². The van der Waals surface area contributed by atoms with E-state index >= 15 is 0 Å². The molecule has 0 amide bonds. The first-order valence-electron chi connectivity index (χ1n) is 6.93. The highest BCUT2D eigenvalue weighted by atomic mass is 16.6. The molecule has 0 spiro atoms. The molecule has 19 heavy (non-hydrogen) atoms. The lowest BCUT2D eigenvalue weighted by molar-refractivity contribution is -0.225. The van der Waals surface area contributed by atoms with Crippen LogP contribution in [-0.4, -0.2) is 52.4 Å². The van der Waals surface area contributed by atoms with Gasteiger partial charge in [0.1, 0.15) is 12.2 Å². The van der Waals surface area contributed by atoms with Gasteiger partial charge in [-0.3, -0.25) is 0 Å². The van der Waals surface area contributed by atoms with Gasteiger partial charge in [-0.25, -0.2) is 0 Å². The summed E-state index contributed by atoms with van der Waals surface area (Å²) >= 11 is 0. The second kappa shape index (κ2) is 8.00. The molecule has 1 rings (SSSR count). The highest BCUT2D eigenvalue weighted by molar-refractivity contribution is 4.99. The molecule has 112 valence electrons. The predicted molar refractivity (Wildman–Crippen MR) is 75.3 cm³/mol. The predicted octanol–water partition coefficient (Wildman–Crippen LogP) is 2.42. The zero-order valence-corrected chi connectivity index (χ0v) is 12.8. The van der Waals surface area contributed by atoms with Gasteiger partial charge in [-0.2, -0.15) is 0 Å². The van der Waals surface area contributed by atoms with E-state index in [1.165, 1.54) is 0 Å². The van der Waals surface area contributed by atoms with Gasteiger partial charge in [-0.05, 0) is 19.8 Å². The summed E-state index contributed by atoms with van der Waals surface area (Å²) in [6.45, 7) is 8.71. The molecule has 5 unspecified atom stereocenters. The quantitative estimate of drug-likeness (QED) is 0.667. The second-order valence-corrected chi connectivity index (χ2v) is 5.30. The summed E-state index contributed by atoms with van der Waals surface area (Å²) in [7, 11) is 5.12. The van der Waals surface area contributed by atoms with Gasteiger partial charge < -0.3 is 18.9 Å². The van der Waals surface area contributed by atoms with Crippen LogP contribution >= 0.6 is 0 Å². The summed E-state index contributed by atoms with van der Waals surface area (Å²) in [5.74, 6) is 0.319. The molecule has 1 saturated heterocycles. The van der Waals surface area contributed by atoms with Crippen molar-refractivity contribution in [2.24, 2.45) is 5.92 Å². The molecule has 1 aliphatic rings. The van der Waals surface area contributed by atoms with Crippen molar-refractivity contribution in [3.63, 3.8) is 0 Å². The molecule has 0 saturated carbocycles. The molecular weight excluding hydrogens is 244 g/mol. The van der Waals surface area contributed by atoms with Crippen LogP contribution < -0.4 is 0 Å². The van der Waals surface area contributed by atoms with Crippen LogP contribution in [0.3, 0.4) is 0 Å². The molecule has 5 atom stereocenters. The van der Waals surface area contributed by atoms with Gasteiger partial charge >= 0.3 is 0 Å². The SMILES string of the molecule is C=C(C)CC1OC(COC)C(OC)C(OC)C1CC. The van der Waals surface area contributed by atoms with Gasteiger partial charge in [0.05, 0.1) is 18.8 Å². The van der Waals surface area contributed by atoms with E-state index in [0.29, 0.717) is 12.5 Å². The number of ether oxygens (including phenoxy) is 4. The van der Waals surface area contributed by atoms with E-state index < -0.39 is 0 Å². The molecule has 0 aromatic heterocycles. The summed E-state index contributed by atoms with van der Waals surface area (Å²) in [6.07, 6.45) is 1.83. The van der Waals surface area contributed by atoms with E-state index in [1.54, 1.807) is 21.3 Å². The maximum Gasteiger partial charge on any atom is 0.112 e. The van der Waals surface area contributed by atoms with Crippen molar-refractivity contribution in [2.75, 3.05) is 27.9 Å². The van der Waals surface area contributed by atoms with Crippen molar-refractivity contribution in [3.8, 4) is 0 Å². The van der Waals surface area contributed by atoms with Gasteiger partial charge in [0, 0.05) is 27.2 Å². The fourth-order valence-electron chi connectivity index (χ4n) is 3.00. The van der Waals surface area contributed by atoms with Crippen molar-refractivity contribution >= 4 is 0 Å². The average molecular weight is 272 g/mol. The third kappa shape index (κ3) is 4.02. The second-order valence-electron chi connectivity index (χ2n) is 5.30. The fraction of sp³-hybridized carbons (Fsp3) is 0.867. The van der Waals surface area contributed by atoms with Crippen LogP contribution in [0, 0.1) is 5.92 Å². The maximum atomic E-state index is 6.19. The van der Waals surface area contributed by atoms with Crippen LogP contribution in [0.2, 0.25) is 0 Å². The topological polar surface area (TPSA) is 36.9 Å². The fourth-order valence-corrected chi connectivity index (χ4v) is 3.00. The Morgan fingerprint density at radius 3 is 2.16 bits per heavy atom. The molecule has 0 aromatic carbocycles. The molecule has 1 aliphatic heterocycles. The Bertz CT molecular complexity index is 279.